The molecule has 0 radical (unpaired) electrons. The summed E-state index contributed by atoms with van der Waals surface area (Å²) in [5.74, 6) is -0.159. The van der Waals surface area contributed by atoms with Crippen LogP contribution < -0.4 is 20.0 Å². The van der Waals surface area contributed by atoms with E-state index in [-0.39, 0.29) is 23.0 Å². The minimum atomic E-state index is -0.594. The molecule has 0 fully saturated rings. The average molecular weight is 502 g/mol. The van der Waals surface area contributed by atoms with E-state index in [1.807, 2.05) is 19.0 Å². The quantitative estimate of drug-likeness (QED) is 0.474. The Morgan fingerprint density at radius 1 is 0.889 bits per heavy atom. The predicted molar refractivity (Wildman–Crippen MR) is 135 cm³/mol. The van der Waals surface area contributed by atoms with Gasteiger partial charge < -0.3 is 20.0 Å². The number of hydrogen-bond acceptors (Lipinski definition) is 10. The number of fused-ring (bicyclic) bond motifs is 2. The maximum absolute atomic E-state index is 11.6. The van der Waals surface area contributed by atoms with Crippen molar-refractivity contribution in [1.29, 1.82) is 0 Å². The van der Waals surface area contributed by atoms with Crippen LogP contribution in [0.2, 0.25) is 0 Å². The Bertz CT molecular complexity index is 1260. The molecule has 2 aliphatic heterocycles. The van der Waals surface area contributed by atoms with Gasteiger partial charge in [-0.05, 0) is 18.9 Å². The first-order valence-electron chi connectivity index (χ1n) is 11.0. The van der Waals surface area contributed by atoms with Crippen LogP contribution in [0.25, 0.3) is 0 Å². The third-order valence-electron chi connectivity index (χ3n) is 6.03. The zero-order valence-corrected chi connectivity index (χ0v) is 20.6. The lowest BCUT2D eigenvalue weighted by atomic mass is 10.1. The number of nitrogens with one attached hydrogen (secondary N) is 1. The van der Waals surface area contributed by atoms with E-state index in [1.54, 1.807) is 25.1 Å². The number of amides is 1. The van der Waals surface area contributed by atoms with Gasteiger partial charge in [-0.3, -0.25) is 35.1 Å². The van der Waals surface area contributed by atoms with Gasteiger partial charge in [0, 0.05) is 71.1 Å². The molecule has 192 valence electrons. The molecule has 36 heavy (non-hydrogen) atoms. The Balaban J connectivity index is 0.000000201. The Hall–Kier alpha value is -4.49. The van der Waals surface area contributed by atoms with Crippen LogP contribution in [0.3, 0.4) is 0 Å². The zero-order valence-electron chi connectivity index (χ0n) is 20.6. The number of rotatable bonds is 5. The number of carbonyl (C=O) groups excluding carboxylic acids is 1. The first-order chi connectivity index (χ1) is 16.9. The third kappa shape index (κ3) is 4.69. The summed E-state index contributed by atoms with van der Waals surface area (Å²) in [5.41, 5.74) is 3.28. The minimum Gasteiger partial charge on any atom is -0.379 e. The van der Waals surface area contributed by atoms with E-state index in [1.165, 1.54) is 17.9 Å². The molecular weight excluding hydrogens is 474 g/mol. The van der Waals surface area contributed by atoms with Crippen molar-refractivity contribution in [1.82, 2.24) is 0 Å². The molecule has 2 aliphatic rings. The topological polar surface area (TPSA) is 168 Å². The van der Waals surface area contributed by atoms with Crippen LogP contribution in [-0.4, -0.2) is 62.0 Å². The molecule has 0 saturated carbocycles. The fourth-order valence-corrected chi connectivity index (χ4v) is 4.61. The van der Waals surface area contributed by atoms with Gasteiger partial charge in [0.2, 0.25) is 5.91 Å². The summed E-state index contributed by atoms with van der Waals surface area (Å²) in [6.07, 6.45) is 1.20. The summed E-state index contributed by atoms with van der Waals surface area (Å²) in [5, 5.41) is 36.0. The number of anilines is 4. The van der Waals surface area contributed by atoms with Gasteiger partial charge in [0.05, 0.1) is 20.8 Å². The molecule has 0 atom stereocenters. The smallest absolute Gasteiger partial charge is 0.299 e. The monoisotopic (exact) mass is 501 g/mol. The van der Waals surface area contributed by atoms with Crippen molar-refractivity contribution in [3.05, 3.63) is 59.7 Å². The second-order valence-electron chi connectivity index (χ2n) is 8.71. The van der Waals surface area contributed by atoms with Gasteiger partial charge in [-0.25, -0.2) is 0 Å². The van der Waals surface area contributed by atoms with E-state index in [0.29, 0.717) is 48.6 Å². The van der Waals surface area contributed by atoms with Crippen LogP contribution in [-0.2, 0) is 17.6 Å². The minimum absolute atomic E-state index is 0.00306. The third-order valence-corrected chi connectivity index (χ3v) is 6.03. The Labute approximate surface area is 206 Å². The van der Waals surface area contributed by atoms with Gasteiger partial charge >= 0.3 is 0 Å². The van der Waals surface area contributed by atoms with Crippen LogP contribution in [0.5, 0.6) is 0 Å². The lowest BCUT2D eigenvalue weighted by Crippen LogP contribution is -2.26. The standard InChI is InChI=1S/C12H15N3O3.C10H12N4O4/c1-8(16)14-7-6-9-10(13(2)3)4-5-11(12(9)14)15(17)18;1-12(2)10-6-3-4-11-9(6)7(13(15)16)5-8(10)14(17)18/h4-5H,6-7H2,1-3H3;5,11H,3-4H2,1-2H3. The van der Waals surface area contributed by atoms with Gasteiger partial charge in [0.15, 0.2) is 0 Å². The number of nitro benzene ring substituents is 3. The molecule has 4 rings (SSSR count). The number of nitrogens with zero attached hydrogens (tertiary/aromatic N) is 6. The van der Waals surface area contributed by atoms with Crippen molar-refractivity contribution in [2.24, 2.45) is 0 Å². The summed E-state index contributed by atoms with van der Waals surface area (Å²) in [7, 11) is 7.15. The average Bonchev–Trinajstić information content (AvgIpc) is 3.44. The Morgan fingerprint density at radius 3 is 2.00 bits per heavy atom. The number of benzene rings is 2. The second kappa shape index (κ2) is 10.0. The molecule has 0 saturated heterocycles. The van der Waals surface area contributed by atoms with E-state index in [4.69, 9.17) is 0 Å². The molecule has 14 heteroatoms. The molecule has 0 aromatic heterocycles. The molecule has 2 heterocycles. The lowest BCUT2D eigenvalue weighted by molar-refractivity contribution is -0.393. The van der Waals surface area contributed by atoms with E-state index in [2.05, 4.69) is 5.32 Å². The highest BCUT2D eigenvalue weighted by molar-refractivity contribution is 5.98. The van der Waals surface area contributed by atoms with Gasteiger partial charge in [-0.15, -0.1) is 0 Å². The highest BCUT2D eigenvalue weighted by atomic mass is 16.6. The summed E-state index contributed by atoms with van der Waals surface area (Å²) >= 11 is 0. The number of hydrogen-bond donors (Lipinski definition) is 1. The first kappa shape index (κ1) is 26.1. The van der Waals surface area contributed by atoms with Crippen molar-refractivity contribution < 1.29 is 19.6 Å². The lowest BCUT2D eigenvalue weighted by Gasteiger charge is -2.19. The largest absolute Gasteiger partial charge is 0.379 e. The van der Waals surface area contributed by atoms with Crippen LogP contribution >= 0.6 is 0 Å². The molecule has 1 amide bonds. The predicted octanol–water partition coefficient (Wildman–Crippen LogP) is 3.11. The normalized spacial score (nSPS) is 13.1. The second-order valence-corrected chi connectivity index (χ2v) is 8.71. The molecule has 0 spiro atoms. The fraction of sp³-hybridized carbons (Fsp3) is 0.409. The van der Waals surface area contributed by atoms with Gasteiger partial charge in [-0.2, -0.15) is 0 Å². The van der Waals surface area contributed by atoms with Crippen molar-refractivity contribution in [3.8, 4) is 0 Å². The maximum Gasteiger partial charge on any atom is 0.299 e. The van der Waals surface area contributed by atoms with E-state index in [0.717, 1.165) is 17.3 Å². The van der Waals surface area contributed by atoms with Crippen LogP contribution in [0, 0.1) is 30.3 Å². The summed E-state index contributed by atoms with van der Waals surface area (Å²) in [6.45, 7) is 2.50. The highest BCUT2D eigenvalue weighted by Crippen LogP contribution is 2.45. The molecule has 0 aliphatic carbocycles. The first-order valence-corrected chi connectivity index (χ1v) is 11.0. The SMILES string of the molecule is CC(=O)N1CCc2c(N(C)C)ccc([N+](=O)[O-])c21.CN(C)c1c([N+](=O)[O-])cc([N+](=O)[O-])c2c1CCN2. The summed E-state index contributed by atoms with van der Waals surface area (Å²) < 4.78 is 0. The Kier molecular flexibility index (Phi) is 7.27. The van der Waals surface area contributed by atoms with E-state index >= 15 is 0 Å². The van der Waals surface area contributed by atoms with Crippen LogP contribution in [0.1, 0.15) is 18.1 Å². The molecule has 2 aromatic rings. The van der Waals surface area contributed by atoms with Crippen molar-refractivity contribution in [2.45, 2.75) is 19.8 Å². The molecule has 2 aromatic carbocycles. The van der Waals surface area contributed by atoms with Crippen LogP contribution in [0.15, 0.2) is 18.2 Å². The van der Waals surface area contributed by atoms with Crippen molar-refractivity contribution >= 4 is 45.7 Å². The van der Waals surface area contributed by atoms with Gasteiger partial charge in [-0.1, -0.05) is 0 Å². The molecule has 0 bridgehead atoms. The molecule has 0 unspecified atom stereocenters. The highest BCUT2D eigenvalue weighted by Gasteiger charge is 2.34. The van der Waals surface area contributed by atoms with Crippen molar-refractivity contribution in [2.75, 3.05) is 61.3 Å². The molecule has 1 N–H and O–H groups in total. The maximum atomic E-state index is 11.6. The van der Waals surface area contributed by atoms with E-state index in [9.17, 15) is 35.1 Å². The van der Waals surface area contributed by atoms with E-state index < -0.39 is 14.8 Å². The number of carbonyl (C=O) groups is 1. The van der Waals surface area contributed by atoms with Gasteiger partial charge in [0.25, 0.3) is 17.1 Å². The van der Waals surface area contributed by atoms with Crippen molar-refractivity contribution in [3.63, 3.8) is 0 Å². The van der Waals surface area contributed by atoms with Crippen LogP contribution in [0.4, 0.5) is 39.8 Å². The molecule has 14 nitrogen and oxygen atoms in total. The fourth-order valence-electron chi connectivity index (χ4n) is 4.61. The van der Waals surface area contributed by atoms with Gasteiger partial charge in [0.1, 0.15) is 17.1 Å². The Morgan fingerprint density at radius 2 is 1.50 bits per heavy atom. The molecular formula is C22H27N7O7. The summed E-state index contributed by atoms with van der Waals surface area (Å²) in [6, 6.07) is 4.22. The summed E-state index contributed by atoms with van der Waals surface area (Å²) in [4.78, 5) is 48.0. The zero-order chi connectivity index (χ0) is 26.9. The number of nitro groups is 3.